The minimum Gasteiger partial charge on any atom is -0.455 e. The molecule has 3 heteroatoms. The Morgan fingerprint density at radius 2 is 2.14 bits per heavy atom. The van der Waals surface area contributed by atoms with Gasteiger partial charge in [-0.3, -0.25) is 9.79 Å². The molecule has 0 unspecified atom stereocenters. The zero-order valence-electron chi connectivity index (χ0n) is 13.3. The molecule has 0 aliphatic heterocycles. The van der Waals surface area contributed by atoms with Crippen LogP contribution in [-0.4, -0.2) is 17.8 Å². The molecule has 0 aromatic heterocycles. The summed E-state index contributed by atoms with van der Waals surface area (Å²) >= 11 is 0. The number of allylic oxidation sites excluding steroid dienone is 1. The van der Waals surface area contributed by atoms with Crippen molar-refractivity contribution in [3.05, 3.63) is 59.8 Å². The fourth-order valence-corrected chi connectivity index (χ4v) is 2.51. The van der Waals surface area contributed by atoms with E-state index in [0.717, 1.165) is 30.5 Å². The molecule has 0 amide bonds. The van der Waals surface area contributed by atoms with E-state index in [2.05, 4.69) is 11.9 Å². The first-order valence-corrected chi connectivity index (χ1v) is 7.82. The summed E-state index contributed by atoms with van der Waals surface area (Å²) in [4.78, 5) is 15.9. The second-order valence-electron chi connectivity index (χ2n) is 5.60. The van der Waals surface area contributed by atoms with Gasteiger partial charge in [0.1, 0.15) is 5.60 Å². The normalized spacial score (nSPS) is 20.9. The maximum absolute atomic E-state index is 11.4. The number of hydrogen-bond acceptors (Lipinski definition) is 3. The molecule has 22 heavy (non-hydrogen) atoms. The van der Waals surface area contributed by atoms with Gasteiger partial charge in [0.15, 0.2) is 0 Å². The van der Waals surface area contributed by atoms with Crippen molar-refractivity contribution in [3.63, 3.8) is 0 Å². The summed E-state index contributed by atoms with van der Waals surface area (Å²) in [5.74, 6) is -0.231. The quantitative estimate of drug-likeness (QED) is 0.575. The predicted octanol–water partition coefficient (Wildman–Crippen LogP) is 4.44. The third-order valence-corrected chi connectivity index (χ3v) is 3.68. The maximum Gasteiger partial charge on any atom is 0.303 e. The third kappa shape index (κ3) is 4.69. The van der Waals surface area contributed by atoms with Crippen LogP contribution < -0.4 is 0 Å². The first-order chi connectivity index (χ1) is 10.6. The van der Waals surface area contributed by atoms with Gasteiger partial charge >= 0.3 is 5.97 Å². The van der Waals surface area contributed by atoms with Crippen molar-refractivity contribution in [1.29, 1.82) is 0 Å². The fraction of sp³-hybridized carbons (Fsp3) is 0.368. The van der Waals surface area contributed by atoms with Crippen molar-refractivity contribution in [1.82, 2.24) is 0 Å². The van der Waals surface area contributed by atoms with Gasteiger partial charge in [-0.2, -0.15) is 0 Å². The van der Waals surface area contributed by atoms with Crippen LogP contribution >= 0.6 is 0 Å². The molecule has 0 spiro atoms. The lowest BCUT2D eigenvalue weighted by molar-refractivity contribution is -0.152. The van der Waals surface area contributed by atoms with Crippen molar-refractivity contribution in [2.75, 3.05) is 0 Å². The number of rotatable bonds is 6. The number of benzene rings is 1. The van der Waals surface area contributed by atoms with Crippen LogP contribution in [0.1, 0.15) is 45.1 Å². The molecule has 1 aliphatic rings. The smallest absolute Gasteiger partial charge is 0.303 e. The zero-order valence-corrected chi connectivity index (χ0v) is 13.3. The Morgan fingerprint density at radius 1 is 1.36 bits per heavy atom. The van der Waals surface area contributed by atoms with E-state index in [-0.39, 0.29) is 5.97 Å². The number of aliphatic imine (C=N–C) groups is 1. The molecule has 0 radical (unpaired) electrons. The van der Waals surface area contributed by atoms with Gasteiger partial charge in [-0.05, 0) is 30.6 Å². The minimum absolute atomic E-state index is 0.231. The molecule has 2 rings (SSSR count). The first kappa shape index (κ1) is 16.2. The summed E-state index contributed by atoms with van der Waals surface area (Å²) in [6.45, 7) is 3.60. The molecule has 0 bridgehead atoms. The molecular formula is C19H23NO2. The molecule has 0 fully saturated rings. The van der Waals surface area contributed by atoms with Gasteiger partial charge in [0.25, 0.3) is 0 Å². The van der Waals surface area contributed by atoms with E-state index in [1.807, 2.05) is 54.8 Å². The molecule has 0 heterocycles. The standard InChI is InChI=1S/C19H23NO2/c1-3-4-12-19(22-16(2)21)13-10-18(11-14-19)20-15-17-8-6-5-7-9-17/h5-11,13,15H,3-4,12,14H2,1-2H3/t19-/m0/s1. The van der Waals surface area contributed by atoms with Gasteiger partial charge in [0.05, 0.1) is 5.70 Å². The molecule has 1 aromatic rings. The largest absolute Gasteiger partial charge is 0.455 e. The molecular weight excluding hydrogens is 274 g/mol. The van der Waals surface area contributed by atoms with Crippen LogP contribution in [0, 0.1) is 0 Å². The van der Waals surface area contributed by atoms with E-state index in [4.69, 9.17) is 4.74 Å². The van der Waals surface area contributed by atoms with Gasteiger partial charge in [-0.15, -0.1) is 0 Å². The summed E-state index contributed by atoms with van der Waals surface area (Å²) in [6, 6.07) is 9.99. The van der Waals surface area contributed by atoms with Crippen LogP contribution in [-0.2, 0) is 9.53 Å². The van der Waals surface area contributed by atoms with Crippen LogP contribution in [0.2, 0.25) is 0 Å². The molecule has 0 saturated carbocycles. The molecule has 1 aromatic carbocycles. The maximum atomic E-state index is 11.4. The lowest BCUT2D eigenvalue weighted by atomic mass is 9.88. The Kier molecular flexibility index (Phi) is 5.70. The Bertz CT molecular complexity index is 587. The van der Waals surface area contributed by atoms with E-state index >= 15 is 0 Å². The molecule has 3 nitrogen and oxygen atoms in total. The van der Waals surface area contributed by atoms with Gasteiger partial charge in [0, 0.05) is 19.6 Å². The molecule has 0 N–H and O–H groups in total. The lowest BCUT2D eigenvalue weighted by Crippen LogP contribution is -2.33. The number of esters is 1. The average molecular weight is 297 g/mol. The highest BCUT2D eigenvalue weighted by Crippen LogP contribution is 2.30. The molecule has 116 valence electrons. The number of ether oxygens (including phenoxy) is 1. The monoisotopic (exact) mass is 297 g/mol. The van der Waals surface area contributed by atoms with Crippen LogP contribution in [0.3, 0.4) is 0 Å². The average Bonchev–Trinajstić information content (AvgIpc) is 2.53. The van der Waals surface area contributed by atoms with Gasteiger partial charge in [-0.1, -0.05) is 49.8 Å². The summed E-state index contributed by atoms with van der Waals surface area (Å²) in [6.07, 6.45) is 11.5. The van der Waals surface area contributed by atoms with E-state index < -0.39 is 5.60 Å². The molecule has 1 aliphatic carbocycles. The number of carbonyl (C=O) groups excluding carboxylic acids is 1. The van der Waals surface area contributed by atoms with Crippen molar-refractivity contribution < 1.29 is 9.53 Å². The van der Waals surface area contributed by atoms with Crippen LogP contribution in [0.15, 0.2) is 59.2 Å². The number of carbonyl (C=O) groups is 1. The van der Waals surface area contributed by atoms with Crippen LogP contribution in [0.5, 0.6) is 0 Å². The van der Waals surface area contributed by atoms with Crippen LogP contribution in [0.4, 0.5) is 0 Å². The topological polar surface area (TPSA) is 38.7 Å². The van der Waals surface area contributed by atoms with Crippen molar-refractivity contribution >= 4 is 12.2 Å². The SMILES string of the molecule is CCCC[C@]1(OC(C)=O)C=CC(N=Cc2ccccc2)=CC1. The van der Waals surface area contributed by atoms with Crippen LogP contribution in [0.25, 0.3) is 0 Å². The minimum atomic E-state index is -0.492. The third-order valence-electron chi connectivity index (χ3n) is 3.68. The Balaban J connectivity index is 2.04. The second-order valence-corrected chi connectivity index (χ2v) is 5.60. The van der Waals surface area contributed by atoms with E-state index in [1.165, 1.54) is 6.92 Å². The van der Waals surface area contributed by atoms with E-state index in [0.29, 0.717) is 6.42 Å². The second kappa shape index (κ2) is 7.74. The summed E-state index contributed by atoms with van der Waals surface area (Å²) in [5, 5.41) is 0. The van der Waals surface area contributed by atoms with Crippen molar-refractivity contribution in [3.8, 4) is 0 Å². The molecule has 0 saturated heterocycles. The highest BCUT2D eigenvalue weighted by Gasteiger charge is 2.30. The summed E-state index contributed by atoms with van der Waals surface area (Å²) in [7, 11) is 0. The van der Waals surface area contributed by atoms with E-state index in [9.17, 15) is 4.79 Å². The zero-order chi connectivity index (χ0) is 15.8. The first-order valence-electron chi connectivity index (χ1n) is 7.82. The highest BCUT2D eigenvalue weighted by atomic mass is 16.6. The molecule has 1 atom stereocenters. The van der Waals surface area contributed by atoms with Crippen molar-refractivity contribution in [2.24, 2.45) is 4.99 Å². The fourth-order valence-electron chi connectivity index (χ4n) is 2.51. The van der Waals surface area contributed by atoms with Crippen molar-refractivity contribution in [2.45, 2.75) is 45.1 Å². The lowest BCUT2D eigenvalue weighted by Gasteiger charge is -2.31. The van der Waals surface area contributed by atoms with Gasteiger partial charge in [0.2, 0.25) is 0 Å². The number of nitrogens with zero attached hydrogens (tertiary/aromatic N) is 1. The van der Waals surface area contributed by atoms with Gasteiger partial charge in [-0.25, -0.2) is 0 Å². The summed E-state index contributed by atoms with van der Waals surface area (Å²) in [5.41, 5.74) is 1.48. The predicted molar refractivity (Wildman–Crippen MR) is 89.9 cm³/mol. The van der Waals surface area contributed by atoms with E-state index in [1.54, 1.807) is 0 Å². The highest BCUT2D eigenvalue weighted by molar-refractivity contribution is 5.80. The summed E-state index contributed by atoms with van der Waals surface area (Å²) < 4.78 is 5.57. The number of hydrogen-bond donors (Lipinski definition) is 0. The Morgan fingerprint density at radius 3 is 2.73 bits per heavy atom. The van der Waals surface area contributed by atoms with Gasteiger partial charge < -0.3 is 4.74 Å². The Hall–Kier alpha value is -2.16. The Labute approximate surface area is 132 Å². The number of unbranched alkanes of at least 4 members (excludes halogenated alkanes) is 1.